The van der Waals surface area contributed by atoms with E-state index >= 15 is 0 Å². The Balaban J connectivity index is 1.26. The quantitative estimate of drug-likeness (QED) is 0.516. The van der Waals surface area contributed by atoms with Crippen molar-refractivity contribution in [1.82, 2.24) is 24.5 Å². The summed E-state index contributed by atoms with van der Waals surface area (Å²) in [4.78, 5) is 45.4. The predicted octanol–water partition coefficient (Wildman–Crippen LogP) is 3.57. The van der Waals surface area contributed by atoms with Crippen LogP contribution in [0.5, 0.6) is 0 Å². The van der Waals surface area contributed by atoms with Gasteiger partial charge in [0.25, 0.3) is 5.91 Å². The first-order valence-electron chi connectivity index (χ1n) is 12.2. The van der Waals surface area contributed by atoms with Crippen molar-refractivity contribution in [2.45, 2.75) is 50.8 Å². The van der Waals surface area contributed by atoms with Gasteiger partial charge in [-0.2, -0.15) is 15.0 Å². The molecular weight excluding hydrogens is 498 g/mol. The summed E-state index contributed by atoms with van der Waals surface area (Å²) in [6.45, 7) is 6.53. The van der Waals surface area contributed by atoms with Gasteiger partial charge in [-0.05, 0) is 49.9 Å². The molecule has 1 amide bonds. The molecule has 2 aromatic heterocycles. The summed E-state index contributed by atoms with van der Waals surface area (Å²) in [5.74, 6) is 0.931. The summed E-state index contributed by atoms with van der Waals surface area (Å²) in [5, 5.41) is 3.95. The standard InChI is InChI=1S/C25H26ClN7O4/c1-14(2)19-25(11-36-12-25)37-23(35)33(19)22-29-15(3)28-21(30-22)31-24(8-9-24)18-10-32(13-27-18)20(34)16-4-6-17(26)7-5-16/h4-7,10,13-14,19H,8-9,11-12H2,1-3H3,(H,28,29,30,31)/t19-/m0/s1. The number of imidazole rings is 1. The molecule has 1 N–H and O–H groups in total. The van der Waals surface area contributed by atoms with Gasteiger partial charge >= 0.3 is 6.09 Å². The first kappa shape index (κ1) is 23.8. The SMILES string of the molecule is Cc1nc(NC2(c3cn(C(=O)c4ccc(Cl)cc4)cn3)CC2)nc(N2C(=O)OC3(COC3)[C@@H]2C(C)C)n1. The highest BCUT2D eigenvalue weighted by Crippen LogP contribution is 2.47. The number of benzene rings is 1. The number of ether oxygens (including phenoxy) is 2. The molecule has 0 bridgehead atoms. The molecule has 0 unspecified atom stereocenters. The van der Waals surface area contributed by atoms with E-state index in [9.17, 15) is 9.59 Å². The lowest BCUT2D eigenvalue weighted by Crippen LogP contribution is -2.61. The number of carbonyl (C=O) groups is 2. The molecule has 1 aliphatic carbocycles. The van der Waals surface area contributed by atoms with Gasteiger partial charge in [-0.25, -0.2) is 14.7 Å². The molecule has 1 saturated carbocycles. The lowest BCUT2D eigenvalue weighted by Gasteiger charge is -2.42. The summed E-state index contributed by atoms with van der Waals surface area (Å²) in [7, 11) is 0. The lowest BCUT2D eigenvalue weighted by molar-refractivity contribution is -0.174. The first-order valence-corrected chi connectivity index (χ1v) is 12.5. The van der Waals surface area contributed by atoms with Crippen LogP contribution in [-0.4, -0.2) is 61.4 Å². The maximum absolute atomic E-state index is 12.9. The van der Waals surface area contributed by atoms with E-state index in [1.807, 2.05) is 13.8 Å². The van der Waals surface area contributed by atoms with Crippen LogP contribution in [0.3, 0.4) is 0 Å². The van der Waals surface area contributed by atoms with Crippen molar-refractivity contribution in [1.29, 1.82) is 0 Å². The fourth-order valence-electron chi connectivity index (χ4n) is 5.11. The van der Waals surface area contributed by atoms with E-state index < -0.39 is 17.2 Å². The number of hydrogen-bond acceptors (Lipinski definition) is 9. The molecule has 3 aromatic rings. The summed E-state index contributed by atoms with van der Waals surface area (Å²) in [6, 6.07) is 6.46. The fourth-order valence-corrected chi connectivity index (χ4v) is 5.24. The Morgan fingerprint density at radius 1 is 1.16 bits per heavy atom. The molecule has 37 heavy (non-hydrogen) atoms. The topological polar surface area (TPSA) is 124 Å². The Hall–Kier alpha value is -3.57. The van der Waals surface area contributed by atoms with Gasteiger partial charge in [-0.15, -0.1) is 0 Å². The maximum Gasteiger partial charge on any atom is 0.417 e. The van der Waals surface area contributed by atoms with Crippen LogP contribution in [0.25, 0.3) is 0 Å². The average Bonchev–Trinajstić information content (AvgIpc) is 3.29. The molecule has 1 atom stereocenters. The summed E-state index contributed by atoms with van der Waals surface area (Å²) in [6.07, 6.45) is 4.32. The smallest absolute Gasteiger partial charge is 0.417 e. The van der Waals surface area contributed by atoms with Gasteiger partial charge in [0.05, 0.1) is 30.5 Å². The van der Waals surface area contributed by atoms with Crippen LogP contribution < -0.4 is 10.2 Å². The summed E-state index contributed by atoms with van der Waals surface area (Å²) >= 11 is 5.94. The highest BCUT2D eigenvalue weighted by Gasteiger charge is 2.61. The average molecular weight is 524 g/mol. The number of nitrogens with zero attached hydrogens (tertiary/aromatic N) is 6. The minimum Gasteiger partial charge on any atom is -0.435 e. The van der Waals surface area contributed by atoms with Crippen LogP contribution in [0.4, 0.5) is 16.7 Å². The molecule has 2 saturated heterocycles. The predicted molar refractivity (Wildman–Crippen MR) is 134 cm³/mol. The van der Waals surface area contributed by atoms with E-state index in [2.05, 4.69) is 25.3 Å². The summed E-state index contributed by atoms with van der Waals surface area (Å²) < 4.78 is 12.6. The van der Waals surface area contributed by atoms with E-state index in [-0.39, 0.29) is 23.8 Å². The Bertz CT molecular complexity index is 1380. The van der Waals surface area contributed by atoms with Crippen molar-refractivity contribution in [2.75, 3.05) is 23.4 Å². The van der Waals surface area contributed by atoms with Gasteiger partial charge in [0.2, 0.25) is 11.9 Å². The van der Waals surface area contributed by atoms with Gasteiger partial charge in [-0.3, -0.25) is 9.36 Å². The summed E-state index contributed by atoms with van der Waals surface area (Å²) in [5.41, 5.74) is 0.0275. The third-order valence-electron chi connectivity index (χ3n) is 7.08. The zero-order valence-electron chi connectivity index (χ0n) is 20.6. The molecule has 2 aliphatic heterocycles. The van der Waals surface area contributed by atoms with Crippen LogP contribution >= 0.6 is 11.6 Å². The molecule has 6 rings (SSSR count). The monoisotopic (exact) mass is 523 g/mol. The van der Waals surface area contributed by atoms with Gasteiger partial charge in [0, 0.05) is 16.8 Å². The second-order valence-corrected chi connectivity index (χ2v) is 10.6. The van der Waals surface area contributed by atoms with E-state index in [1.54, 1.807) is 37.4 Å². The van der Waals surface area contributed by atoms with Crippen molar-refractivity contribution in [3.8, 4) is 0 Å². The number of nitrogens with one attached hydrogen (secondary N) is 1. The Morgan fingerprint density at radius 3 is 2.51 bits per heavy atom. The number of hydrogen-bond donors (Lipinski definition) is 1. The van der Waals surface area contributed by atoms with Crippen molar-refractivity contribution >= 4 is 35.5 Å². The van der Waals surface area contributed by atoms with Gasteiger partial charge in [0.1, 0.15) is 12.2 Å². The van der Waals surface area contributed by atoms with Crippen LogP contribution in [0.15, 0.2) is 36.8 Å². The molecule has 192 valence electrons. The Morgan fingerprint density at radius 2 is 1.89 bits per heavy atom. The second-order valence-electron chi connectivity index (χ2n) is 10.2. The third kappa shape index (κ3) is 4.02. The molecular formula is C25H26ClN7O4. The van der Waals surface area contributed by atoms with Crippen molar-refractivity contribution in [3.05, 3.63) is 58.9 Å². The minimum atomic E-state index is -0.680. The first-order chi connectivity index (χ1) is 17.7. The molecule has 0 radical (unpaired) electrons. The van der Waals surface area contributed by atoms with Gasteiger partial charge in [0.15, 0.2) is 5.60 Å². The maximum atomic E-state index is 12.9. The van der Waals surface area contributed by atoms with E-state index in [0.717, 1.165) is 12.8 Å². The molecule has 12 heteroatoms. The number of rotatable bonds is 6. The van der Waals surface area contributed by atoms with E-state index in [0.29, 0.717) is 41.3 Å². The lowest BCUT2D eigenvalue weighted by atomic mass is 9.84. The number of anilines is 2. The molecule has 3 fully saturated rings. The van der Waals surface area contributed by atoms with Crippen LogP contribution in [0, 0.1) is 12.8 Å². The van der Waals surface area contributed by atoms with Crippen molar-refractivity contribution < 1.29 is 19.1 Å². The van der Waals surface area contributed by atoms with Crippen molar-refractivity contribution in [2.24, 2.45) is 5.92 Å². The Labute approximate surface area is 218 Å². The number of carbonyl (C=O) groups excluding carboxylic acids is 2. The highest BCUT2D eigenvalue weighted by molar-refractivity contribution is 6.30. The van der Waals surface area contributed by atoms with E-state index in [1.165, 1.54) is 15.8 Å². The van der Waals surface area contributed by atoms with Crippen molar-refractivity contribution in [3.63, 3.8) is 0 Å². The second kappa shape index (κ2) is 8.49. The number of halogens is 1. The minimum absolute atomic E-state index is 0.0979. The largest absolute Gasteiger partial charge is 0.435 e. The number of aromatic nitrogens is 5. The van der Waals surface area contributed by atoms with E-state index in [4.69, 9.17) is 21.1 Å². The third-order valence-corrected chi connectivity index (χ3v) is 7.33. The molecule has 11 nitrogen and oxygen atoms in total. The fraction of sp³-hybridized carbons (Fsp3) is 0.440. The van der Waals surface area contributed by atoms with Crippen LogP contribution in [0.2, 0.25) is 5.02 Å². The zero-order valence-corrected chi connectivity index (χ0v) is 21.4. The van der Waals surface area contributed by atoms with Gasteiger partial charge in [-0.1, -0.05) is 25.4 Å². The Kier molecular flexibility index (Phi) is 5.46. The van der Waals surface area contributed by atoms with Gasteiger partial charge < -0.3 is 14.8 Å². The zero-order chi connectivity index (χ0) is 25.9. The highest BCUT2D eigenvalue weighted by atomic mass is 35.5. The molecule has 1 spiro atoms. The van der Waals surface area contributed by atoms with Crippen LogP contribution in [-0.2, 0) is 15.0 Å². The number of amides is 1. The normalized spacial score (nSPS) is 21.2. The molecule has 1 aromatic carbocycles. The molecule has 3 aliphatic rings. The molecule has 4 heterocycles. The van der Waals surface area contributed by atoms with Crippen LogP contribution in [0.1, 0.15) is 48.6 Å². The number of aryl methyl sites for hydroxylation is 1.